The van der Waals surface area contributed by atoms with E-state index >= 15 is 0 Å². The van der Waals surface area contributed by atoms with Crippen molar-refractivity contribution < 1.29 is 9.59 Å². The van der Waals surface area contributed by atoms with Gasteiger partial charge >= 0.3 is 0 Å². The maximum Gasteiger partial charge on any atom is 0.269 e. The predicted octanol–water partition coefficient (Wildman–Crippen LogP) is 1.96. The lowest BCUT2D eigenvalue weighted by Gasteiger charge is -2.23. The number of hydrogen-bond donors (Lipinski definition) is 2. The van der Waals surface area contributed by atoms with Crippen LogP contribution in [-0.4, -0.2) is 27.4 Å². The molecule has 1 aliphatic heterocycles. The summed E-state index contributed by atoms with van der Waals surface area (Å²) in [5, 5.41) is 3.87. The number of amides is 1. The second kappa shape index (κ2) is 4.34. The van der Waals surface area contributed by atoms with Crippen LogP contribution in [0.2, 0.25) is 0 Å². The van der Waals surface area contributed by atoms with Gasteiger partial charge in [0.1, 0.15) is 11.7 Å². The van der Waals surface area contributed by atoms with Crippen LogP contribution in [0.1, 0.15) is 20.8 Å². The lowest BCUT2D eigenvalue weighted by Crippen LogP contribution is -2.50. The number of aromatic amines is 1. The fourth-order valence-electron chi connectivity index (χ4n) is 2.88. The zero-order chi connectivity index (χ0) is 14.4. The van der Waals surface area contributed by atoms with Gasteiger partial charge in [-0.25, -0.2) is 0 Å². The summed E-state index contributed by atoms with van der Waals surface area (Å²) in [6, 6.07) is 10.8. The van der Waals surface area contributed by atoms with Gasteiger partial charge in [0, 0.05) is 29.7 Å². The van der Waals surface area contributed by atoms with Gasteiger partial charge in [-0.2, -0.15) is 0 Å². The van der Waals surface area contributed by atoms with E-state index in [1.54, 1.807) is 18.3 Å². The third-order valence-corrected chi connectivity index (χ3v) is 3.92. The third kappa shape index (κ3) is 1.78. The maximum atomic E-state index is 12.4. The molecule has 21 heavy (non-hydrogen) atoms. The standard InChI is InChI=1S/C16H13N3O2/c20-15-14-6-3-7-19(14)16(21)13(18-15)8-10-9-17-12-5-2-1-4-11(10)12/h1-7,9,13,17H,8H2,(H,18,20). The quantitative estimate of drug-likeness (QED) is 0.753. The van der Waals surface area contributed by atoms with E-state index in [0.29, 0.717) is 12.1 Å². The molecule has 0 saturated heterocycles. The van der Waals surface area contributed by atoms with Crippen LogP contribution >= 0.6 is 0 Å². The summed E-state index contributed by atoms with van der Waals surface area (Å²) in [4.78, 5) is 27.6. The molecule has 0 saturated carbocycles. The Balaban J connectivity index is 1.69. The average Bonchev–Trinajstić information content (AvgIpc) is 3.12. The van der Waals surface area contributed by atoms with E-state index in [1.807, 2.05) is 30.5 Å². The number of benzene rings is 1. The van der Waals surface area contributed by atoms with Gasteiger partial charge in [-0.3, -0.25) is 14.2 Å². The Bertz CT molecular complexity index is 859. The van der Waals surface area contributed by atoms with Gasteiger partial charge in [-0.15, -0.1) is 0 Å². The smallest absolute Gasteiger partial charge is 0.269 e. The molecule has 0 spiro atoms. The minimum Gasteiger partial charge on any atom is -0.361 e. The van der Waals surface area contributed by atoms with E-state index in [0.717, 1.165) is 16.5 Å². The number of fused-ring (bicyclic) bond motifs is 2. The van der Waals surface area contributed by atoms with Crippen LogP contribution in [0.3, 0.4) is 0 Å². The number of nitrogens with one attached hydrogen (secondary N) is 2. The summed E-state index contributed by atoms with van der Waals surface area (Å²) in [6.45, 7) is 0. The number of rotatable bonds is 2. The Morgan fingerprint density at radius 3 is 2.86 bits per heavy atom. The number of carbonyl (C=O) groups excluding carboxylic acids is 2. The van der Waals surface area contributed by atoms with Crippen molar-refractivity contribution >= 4 is 22.7 Å². The fraction of sp³-hybridized carbons (Fsp3) is 0.125. The molecule has 3 aromatic rings. The molecule has 0 aliphatic carbocycles. The molecule has 0 bridgehead atoms. The summed E-state index contributed by atoms with van der Waals surface area (Å²) in [7, 11) is 0. The molecule has 2 N–H and O–H groups in total. The van der Waals surface area contributed by atoms with E-state index in [2.05, 4.69) is 10.3 Å². The molecular weight excluding hydrogens is 266 g/mol. The second-order valence-electron chi connectivity index (χ2n) is 5.19. The average molecular weight is 279 g/mol. The zero-order valence-corrected chi connectivity index (χ0v) is 11.2. The second-order valence-corrected chi connectivity index (χ2v) is 5.19. The van der Waals surface area contributed by atoms with Crippen LogP contribution in [0.4, 0.5) is 0 Å². The molecule has 2 aromatic heterocycles. The van der Waals surface area contributed by atoms with Crippen molar-refractivity contribution in [1.82, 2.24) is 14.9 Å². The van der Waals surface area contributed by atoms with Gasteiger partial charge in [0.15, 0.2) is 0 Å². The van der Waals surface area contributed by atoms with E-state index in [9.17, 15) is 9.59 Å². The maximum absolute atomic E-state index is 12.4. The van der Waals surface area contributed by atoms with Crippen LogP contribution in [-0.2, 0) is 6.42 Å². The summed E-state index contributed by atoms with van der Waals surface area (Å²) in [6.07, 6.45) is 4.01. The van der Waals surface area contributed by atoms with Crippen molar-refractivity contribution in [2.24, 2.45) is 0 Å². The van der Waals surface area contributed by atoms with E-state index in [-0.39, 0.29) is 11.8 Å². The van der Waals surface area contributed by atoms with Crippen LogP contribution in [0.5, 0.6) is 0 Å². The van der Waals surface area contributed by atoms with E-state index < -0.39 is 6.04 Å². The molecule has 5 heteroatoms. The minimum absolute atomic E-state index is 0.0973. The predicted molar refractivity (Wildman–Crippen MR) is 78.3 cm³/mol. The molecular formula is C16H13N3O2. The summed E-state index contributed by atoms with van der Waals surface area (Å²) in [5.41, 5.74) is 2.46. The van der Waals surface area contributed by atoms with Crippen LogP contribution in [0.25, 0.3) is 10.9 Å². The molecule has 4 rings (SSSR count). The first-order valence-corrected chi connectivity index (χ1v) is 6.81. The zero-order valence-electron chi connectivity index (χ0n) is 11.2. The number of nitrogens with zero attached hydrogens (tertiary/aromatic N) is 1. The summed E-state index contributed by atoms with van der Waals surface area (Å²) in [5.74, 6) is -0.302. The monoisotopic (exact) mass is 279 g/mol. The first kappa shape index (κ1) is 12.0. The number of H-pyrrole nitrogens is 1. The first-order valence-electron chi connectivity index (χ1n) is 6.81. The van der Waals surface area contributed by atoms with Gasteiger partial charge in [0.05, 0.1) is 0 Å². The molecule has 1 atom stereocenters. The van der Waals surface area contributed by atoms with Crippen molar-refractivity contribution in [3.63, 3.8) is 0 Å². The van der Waals surface area contributed by atoms with Gasteiger partial charge in [-0.1, -0.05) is 18.2 Å². The van der Waals surface area contributed by atoms with Crippen molar-refractivity contribution in [2.75, 3.05) is 0 Å². The highest BCUT2D eigenvalue weighted by molar-refractivity contribution is 6.04. The first-order chi connectivity index (χ1) is 10.2. The highest BCUT2D eigenvalue weighted by Gasteiger charge is 2.31. The number of carbonyl (C=O) groups is 2. The summed E-state index contributed by atoms with van der Waals surface area (Å²) < 4.78 is 1.43. The largest absolute Gasteiger partial charge is 0.361 e. The van der Waals surface area contributed by atoms with Crippen LogP contribution < -0.4 is 5.32 Å². The highest BCUT2D eigenvalue weighted by Crippen LogP contribution is 2.21. The van der Waals surface area contributed by atoms with Crippen LogP contribution in [0, 0.1) is 0 Å². The van der Waals surface area contributed by atoms with Crippen molar-refractivity contribution in [3.05, 3.63) is 60.0 Å². The molecule has 0 fully saturated rings. The lowest BCUT2D eigenvalue weighted by atomic mass is 10.0. The molecule has 1 aromatic carbocycles. The van der Waals surface area contributed by atoms with Crippen molar-refractivity contribution in [3.8, 4) is 0 Å². The SMILES string of the molecule is O=C1NC(Cc2c[nH]c3ccccc23)C(=O)n2cccc21. The molecule has 1 amide bonds. The summed E-state index contributed by atoms with van der Waals surface area (Å²) >= 11 is 0. The molecule has 3 heterocycles. The molecule has 1 aliphatic rings. The van der Waals surface area contributed by atoms with Crippen molar-refractivity contribution in [1.29, 1.82) is 0 Å². The Morgan fingerprint density at radius 2 is 1.95 bits per heavy atom. The Kier molecular flexibility index (Phi) is 2.47. The third-order valence-electron chi connectivity index (χ3n) is 3.92. The van der Waals surface area contributed by atoms with E-state index in [4.69, 9.17) is 0 Å². The topological polar surface area (TPSA) is 66.9 Å². The number of aromatic nitrogens is 2. The molecule has 1 unspecified atom stereocenters. The molecule has 104 valence electrons. The lowest BCUT2D eigenvalue weighted by molar-refractivity contribution is 0.0751. The van der Waals surface area contributed by atoms with Gasteiger partial charge in [0.25, 0.3) is 11.8 Å². The number of hydrogen-bond acceptors (Lipinski definition) is 2. The molecule has 5 nitrogen and oxygen atoms in total. The number of para-hydroxylation sites is 1. The van der Waals surface area contributed by atoms with E-state index in [1.165, 1.54) is 4.57 Å². The van der Waals surface area contributed by atoms with Crippen molar-refractivity contribution in [2.45, 2.75) is 12.5 Å². The van der Waals surface area contributed by atoms with Gasteiger partial charge < -0.3 is 10.3 Å². The van der Waals surface area contributed by atoms with Crippen LogP contribution in [0.15, 0.2) is 48.8 Å². The Labute approximate surface area is 120 Å². The Morgan fingerprint density at radius 1 is 1.10 bits per heavy atom. The van der Waals surface area contributed by atoms with Gasteiger partial charge in [0.2, 0.25) is 0 Å². The fourth-order valence-corrected chi connectivity index (χ4v) is 2.88. The molecule has 0 radical (unpaired) electrons. The highest BCUT2D eigenvalue weighted by atomic mass is 16.2. The Hall–Kier alpha value is -2.82. The normalized spacial score (nSPS) is 17.8. The van der Waals surface area contributed by atoms with Gasteiger partial charge in [-0.05, 0) is 23.8 Å². The minimum atomic E-state index is -0.531.